The maximum Gasteiger partial charge on any atom is 0.164 e. The summed E-state index contributed by atoms with van der Waals surface area (Å²) in [4.78, 5) is 5.02. The van der Waals surface area contributed by atoms with Gasteiger partial charge < -0.3 is 0 Å². The van der Waals surface area contributed by atoms with Gasteiger partial charge in [-0.05, 0) is 54.1 Å². The highest BCUT2D eigenvalue weighted by atomic mass is 35.5. The zero-order valence-electron chi connectivity index (χ0n) is 19.7. The maximum atomic E-state index is 14.0. The van der Waals surface area contributed by atoms with Crippen LogP contribution in [0.1, 0.15) is 5.56 Å². The zero-order chi connectivity index (χ0) is 26.2. The average Bonchev–Trinajstić information content (AvgIpc) is 3.33. The lowest BCUT2D eigenvalue weighted by molar-refractivity contribution is 0.628. The van der Waals surface area contributed by atoms with Crippen LogP contribution in [0.25, 0.3) is 50.4 Å². The van der Waals surface area contributed by atoms with Crippen LogP contribution in [0, 0.1) is 17.1 Å². The summed E-state index contributed by atoms with van der Waals surface area (Å²) in [5.41, 5.74) is 5.67. The number of hydrogen-bond donors (Lipinski definition) is 0. The Hall–Kier alpha value is -4.50. The molecular weight excluding hydrogens is 518 g/mol. The molecule has 0 fully saturated rings. The van der Waals surface area contributed by atoms with E-state index in [0.717, 1.165) is 16.8 Å². The topological polar surface area (TPSA) is 54.5 Å². The van der Waals surface area contributed by atoms with Gasteiger partial charge in [0.15, 0.2) is 5.65 Å². The van der Waals surface area contributed by atoms with Crippen LogP contribution in [-0.2, 0) is 0 Å². The van der Waals surface area contributed by atoms with Gasteiger partial charge in [0.2, 0.25) is 0 Å². The first-order valence-electron chi connectivity index (χ1n) is 11.7. The van der Waals surface area contributed by atoms with Crippen LogP contribution in [0.4, 0.5) is 4.39 Å². The quantitative estimate of drug-likeness (QED) is 0.227. The fraction of sp³-hybridized carbons (Fsp3) is 0. The van der Waals surface area contributed by atoms with Crippen LogP contribution >= 0.6 is 23.2 Å². The number of fused-ring (bicyclic) bond motifs is 1. The van der Waals surface area contributed by atoms with E-state index in [-0.39, 0.29) is 5.82 Å². The van der Waals surface area contributed by atoms with Crippen molar-refractivity contribution in [3.63, 3.8) is 0 Å². The molecule has 0 saturated carbocycles. The van der Waals surface area contributed by atoms with Crippen molar-refractivity contribution in [3.8, 4) is 45.4 Å². The van der Waals surface area contributed by atoms with Crippen molar-refractivity contribution in [2.75, 3.05) is 0 Å². The van der Waals surface area contributed by atoms with Crippen molar-refractivity contribution in [1.29, 1.82) is 5.26 Å². The molecule has 0 aliphatic carbocycles. The smallest absolute Gasteiger partial charge is 0.164 e. The summed E-state index contributed by atoms with van der Waals surface area (Å²) in [7, 11) is 0. The maximum absolute atomic E-state index is 14.0. The summed E-state index contributed by atoms with van der Waals surface area (Å²) in [6, 6.07) is 32.7. The Bertz CT molecular complexity index is 1820. The van der Waals surface area contributed by atoms with Crippen LogP contribution in [0.15, 0.2) is 103 Å². The summed E-state index contributed by atoms with van der Waals surface area (Å²) in [5.74, 6) is -0.367. The van der Waals surface area contributed by atoms with Crippen molar-refractivity contribution >= 4 is 34.2 Å². The second-order valence-corrected chi connectivity index (χ2v) is 9.51. The number of halogens is 3. The largest absolute Gasteiger partial charge is 0.226 e. The molecule has 4 aromatic carbocycles. The Balaban J connectivity index is 1.80. The lowest BCUT2D eigenvalue weighted by atomic mass is 9.92. The van der Waals surface area contributed by atoms with Crippen LogP contribution < -0.4 is 0 Å². The zero-order valence-corrected chi connectivity index (χ0v) is 21.2. The van der Waals surface area contributed by atoms with E-state index < -0.39 is 0 Å². The molecule has 0 aliphatic heterocycles. The molecule has 0 bridgehead atoms. The predicted molar refractivity (Wildman–Crippen MR) is 150 cm³/mol. The third-order valence-corrected chi connectivity index (χ3v) is 6.80. The highest BCUT2D eigenvalue weighted by molar-refractivity contribution is 6.31. The van der Waals surface area contributed by atoms with Gasteiger partial charge in [-0.2, -0.15) is 10.4 Å². The Morgan fingerprint density at radius 1 is 0.684 bits per heavy atom. The lowest BCUT2D eigenvalue weighted by Crippen LogP contribution is -2.01. The number of nitriles is 1. The molecule has 2 aromatic heterocycles. The molecule has 0 saturated heterocycles. The van der Waals surface area contributed by atoms with E-state index in [0.29, 0.717) is 49.2 Å². The molecule has 7 heteroatoms. The Kier molecular flexibility index (Phi) is 6.13. The Labute approximate surface area is 228 Å². The van der Waals surface area contributed by atoms with Crippen molar-refractivity contribution in [2.24, 2.45) is 0 Å². The van der Waals surface area contributed by atoms with Crippen LogP contribution in [-0.4, -0.2) is 14.8 Å². The number of aromatic nitrogens is 3. The molecule has 6 rings (SSSR count). The number of para-hydroxylation sites is 1. The van der Waals surface area contributed by atoms with Gasteiger partial charge in [0, 0.05) is 26.7 Å². The molecule has 0 amide bonds. The fourth-order valence-corrected chi connectivity index (χ4v) is 4.79. The van der Waals surface area contributed by atoms with Gasteiger partial charge in [-0.3, -0.25) is 0 Å². The average molecular weight is 535 g/mol. The first-order valence-corrected chi connectivity index (χ1v) is 12.5. The SMILES string of the molecule is N#Cc1c(-c2ccc(Cl)cc2)nc2c(c(-c3ccc(Cl)cc3)nn2-c2ccccc2)c1-c1ccc(F)cc1. The van der Waals surface area contributed by atoms with Gasteiger partial charge in [-0.1, -0.05) is 77.8 Å². The summed E-state index contributed by atoms with van der Waals surface area (Å²) in [5, 5.41) is 17.3. The molecule has 38 heavy (non-hydrogen) atoms. The van der Waals surface area contributed by atoms with E-state index in [1.54, 1.807) is 41.1 Å². The van der Waals surface area contributed by atoms with Crippen molar-refractivity contribution < 1.29 is 4.39 Å². The van der Waals surface area contributed by atoms with Gasteiger partial charge in [-0.15, -0.1) is 0 Å². The van der Waals surface area contributed by atoms with Crippen LogP contribution in [0.3, 0.4) is 0 Å². The summed E-state index contributed by atoms with van der Waals surface area (Å²) in [6.45, 7) is 0. The minimum Gasteiger partial charge on any atom is -0.226 e. The van der Waals surface area contributed by atoms with Gasteiger partial charge >= 0.3 is 0 Å². The van der Waals surface area contributed by atoms with Crippen LogP contribution in [0.2, 0.25) is 10.0 Å². The molecule has 182 valence electrons. The number of nitrogens with zero attached hydrogens (tertiary/aromatic N) is 4. The van der Waals surface area contributed by atoms with Gasteiger partial charge in [-0.25, -0.2) is 14.1 Å². The summed E-state index contributed by atoms with van der Waals surface area (Å²) < 4.78 is 15.7. The highest BCUT2D eigenvalue weighted by Crippen LogP contribution is 2.42. The molecule has 2 heterocycles. The molecule has 6 aromatic rings. The minimum absolute atomic E-state index is 0.356. The number of hydrogen-bond acceptors (Lipinski definition) is 3. The summed E-state index contributed by atoms with van der Waals surface area (Å²) in [6.07, 6.45) is 0. The Morgan fingerprint density at radius 2 is 1.24 bits per heavy atom. The third kappa shape index (κ3) is 4.20. The van der Waals surface area contributed by atoms with Crippen molar-refractivity contribution in [1.82, 2.24) is 14.8 Å². The van der Waals surface area contributed by atoms with Gasteiger partial charge in [0.1, 0.15) is 17.6 Å². The standard InChI is InChI=1S/C31H17Cl2FN4/c32-22-12-6-20(7-13-22)29-26(18-35)27(19-10-16-24(34)17-11-19)28-30(21-8-14-23(33)15-9-21)37-38(31(28)36-29)25-4-2-1-3-5-25/h1-17H. The van der Waals surface area contributed by atoms with Crippen molar-refractivity contribution in [2.45, 2.75) is 0 Å². The predicted octanol–water partition coefficient (Wildman–Crippen LogP) is 8.74. The highest BCUT2D eigenvalue weighted by Gasteiger charge is 2.25. The van der Waals surface area contributed by atoms with E-state index in [9.17, 15) is 9.65 Å². The van der Waals surface area contributed by atoms with E-state index >= 15 is 0 Å². The summed E-state index contributed by atoms with van der Waals surface area (Å²) >= 11 is 12.3. The van der Waals surface area contributed by atoms with E-state index in [4.69, 9.17) is 33.3 Å². The molecule has 0 spiro atoms. The molecule has 0 radical (unpaired) electrons. The monoisotopic (exact) mass is 534 g/mol. The number of benzene rings is 4. The van der Waals surface area contributed by atoms with Gasteiger partial charge in [0.05, 0.1) is 22.3 Å². The lowest BCUT2D eigenvalue weighted by Gasteiger charge is -2.13. The van der Waals surface area contributed by atoms with Crippen LogP contribution in [0.5, 0.6) is 0 Å². The van der Waals surface area contributed by atoms with Gasteiger partial charge in [0.25, 0.3) is 0 Å². The molecule has 0 aliphatic rings. The molecule has 4 nitrogen and oxygen atoms in total. The molecule has 0 unspecified atom stereocenters. The number of rotatable bonds is 4. The van der Waals surface area contributed by atoms with E-state index in [1.807, 2.05) is 54.6 Å². The Morgan fingerprint density at radius 3 is 1.82 bits per heavy atom. The van der Waals surface area contributed by atoms with E-state index in [1.165, 1.54) is 12.1 Å². The van der Waals surface area contributed by atoms with Crippen molar-refractivity contribution in [3.05, 3.63) is 125 Å². The normalized spacial score (nSPS) is 11.0. The fourth-order valence-electron chi connectivity index (χ4n) is 4.54. The van der Waals surface area contributed by atoms with E-state index in [2.05, 4.69) is 6.07 Å². The molecule has 0 atom stereocenters. The molecular formula is C31H17Cl2FN4. The second kappa shape index (κ2) is 9.75. The first kappa shape index (κ1) is 23.9. The minimum atomic E-state index is -0.367. The first-order chi connectivity index (χ1) is 18.5. The number of pyridine rings is 1. The second-order valence-electron chi connectivity index (χ2n) is 8.64. The molecule has 0 N–H and O–H groups in total. The third-order valence-electron chi connectivity index (χ3n) is 6.30.